The second-order valence-corrected chi connectivity index (χ2v) is 7.92. The van der Waals surface area contributed by atoms with Crippen molar-refractivity contribution in [3.05, 3.63) is 29.3 Å². The molecule has 1 unspecified atom stereocenters. The summed E-state index contributed by atoms with van der Waals surface area (Å²) in [5, 5.41) is 9.96. The fraction of sp³-hybridized carbons (Fsp3) is 0.500. The molecule has 158 valence electrons. The van der Waals surface area contributed by atoms with Crippen LogP contribution in [0.3, 0.4) is 0 Å². The van der Waals surface area contributed by atoms with Gasteiger partial charge in [0.15, 0.2) is 11.1 Å². The highest BCUT2D eigenvalue weighted by molar-refractivity contribution is 7.13. The molecule has 1 aromatic carbocycles. The number of methoxy groups -OCH3 is 2. The highest BCUT2D eigenvalue weighted by Gasteiger charge is 2.24. The molecule has 29 heavy (non-hydrogen) atoms. The molecule has 8 nitrogen and oxygen atoms in total. The van der Waals surface area contributed by atoms with Gasteiger partial charge in [-0.05, 0) is 6.42 Å². The Bertz CT molecular complexity index is 816. The first-order valence-corrected chi connectivity index (χ1v) is 10.5. The van der Waals surface area contributed by atoms with E-state index in [0.717, 1.165) is 53.5 Å². The highest BCUT2D eigenvalue weighted by atomic mass is 32.1. The molecule has 3 rings (SSSR count). The Hall–Kier alpha value is -2.68. The fourth-order valence-corrected chi connectivity index (χ4v) is 3.99. The SMILES string of the molecule is CN=C(NCc1csc(N(C)C)n1)NC1CCN(c2cc(OC)cc(OC)c2)C1. The maximum absolute atomic E-state index is 5.40. The first-order valence-electron chi connectivity index (χ1n) is 9.59. The second-order valence-electron chi connectivity index (χ2n) is 7.09. The largest absolute Gasteiger partial charge is 0.497 e. The molecule has 0 amide bonds. The number of aliphatic imine (C=N–C) groups is 1. The molecule has 2 heterocycles. The molecule has 1 fully saturated rings. The number of benzene rings is 1. The van der Waals surface area contributed by atoms with Gasteiger partial charge in [0, 0.05) is 69.5 Å². The number of nitrogens with one attached hydrogen (secondary N) is 2. The summed E-state index contributed by atoms with van der Waals surface area (Å²) in [6, 6.07) is 6.29. The van der Waals surface area contributed by atoms with E-state index in [0.29, 0.717) is 12.6 Å². The third-order valence-electron chi connectivity index (χ3n) is 4.81. The summed E-state index contributed by atoms with van der Waals surface area (Å²) in [6.07, 6.45) is 1.03. The van der Waals surface area contributed by atoms with Crippen molar-refractivity contribution >= 4 is 28.1 Å². The zero-order valence-electron chi connectivity index (χ0n) is 17.7. The van der Waals surface area contributed by atoms with Crippen LogP contribution in [-0.4, -0.2) is 65.4 Å². The number of aromatic nitrogens is 1. The van der Waals surface area contributed by atoms with E-state index in [1.807, 2.05) is 37.2 Å². The van der Waals surface area contributed by atoms with Gasteiger partial charge in [0.2, 0.25) is 0 Å². The molecule has 1 aliphatic heterocycles. The molecule has 0 spiro atoms. The molecule has 1 aliphatic rings. The number of hydrogen-bond acceptors (Lipinski definition) is 7. The lowest BCUT2D eigenvalue weighted by molar-refractivity contribution is 0.394. The van der Waals surface area contributed by atoms with Gasteiger partial charge in [0.05, 0.1) is 26.5 Å². The normalized spacial score (nSPS) is 16.7. The Morgan fingerprint density at radius 2 is 2.00 bits per heavy atom. The number of thiazole rings is 1. The van der Waals surface area contributed by atoms with E-state index in [4.69, 9.17) is 9.47 Å². The van der Waals surface area contributed by atoms with Crippen LogP contribution in [0.1, 0.15) is 12.1 Å². The van der Waals surface area contributed by atoms with Crippen molar-refractivity contribution in [1.29, 1.82) is 0 Å². The Labute approximate surface area is 176 Å². The van der Waals surface area contributed by atoms with Crippen LogP contribution in [-0.2, 0) is 6.54 Å². The van der Waals surface area contributed by atoms with Crippen LogP contribution in [0.4, 0.5) is 10.8 Å². The summed E-state index contributed by atoms with van der Waals surface area (Å²) in [6.45, 7) is 2.50. The van der Waals surface area contributed by atoms with Crippen LogP contribution in [0.2, 0.25) is 0 Å². The molecule has 1 saturated heterocycles. The third-order valence-corrected chi connectivity index (χ3v) is 5.87. The van der Waals surface area contributed by atoms with E-state index in [9.17, 15) is 0 Å². The summed E-state index contributed by atoms with van der Waals surface area (Å²) in [4.78, 5) is 13.3. The van der Waals surface area contributed by atoms with Crippen LogP contribution in [0, 0.1) is 0 Å². The zero-order valence-corrected chi connectivity index (χ0v) is 18.5. The van der Waals surface area contributed by atoms with Crippen LogP contribution in [0.5, 0.6) is 11.5 Å². The van der Waals surface area contributed by atoms with Crippen LogP contribution >= 0.6 is 11.3 Å². The number of rotatable bonds is 7. The monoisotopic (exact) mass is 418 g/mol. The first kappa shape index (κ1) is 21.0. The van der Waals surface area contributed by atoms with Crippen molar-refractivity contribution < 1.29 is 9.47 Å². The van der Waals surface area contributed by atoms with Gasteiger partial charge in [-0.1, -0.05) is 0 Å². The van der Waals surface area contributed by atoms with Crippen molar-refractivity contribution in [2.45, 2.75) is 19.0 Å². The molecule has 0 bridgehead atoms. The first-order chi connectivity index (χ1) is 14.0. The summed E-state index contributed by atoms with van der Waals surface area (Å²) < 4.78 is 10.8. The van der Waals surface area contributed by atoms with Gasteiger partial charge in [-0.3, -0.25) is 4.99 Å². The van der Waals surface area contributed by atoms with Gasteiger partial charge in [-0.2, -0.15) is 0 Å². The molecule has 1 atom stereocenters. The van der Waals surface area contributed by atoms with E-state index in [1.54, 1.807) is 32.6 Å². The van der Waals surface area contributed by atoms with Gasteiger partial charge < -0.3 is 29.9 Å². The minimum Gasteiger partial charge on any atom is -0.497 e. The van der Waals surface area contributed by atoms with Crippen molar-refractivity contribution in [2.24, 2.45) is 4.99 Å². The minimum absolute atomic E-state index is 0.311. The third kappa shape index (κ3) is 5.44. The lowest BCUT2D eigenvalue weighted by Crippen LogP contribution is -2.44. The molecule has 2 N–H and O–H groups in total. The molecular formula is C20H30N6O2S. The van der Waals surface area contributed by atoms with E-state index < -0.39 is 0 Å². The number of guanidine groups is 1. The maximum Gasteiger partial charge on any atom is 0.191 e. The van der Waals surface area contributed by atoms with Crippen molar-refractivity contribution in [1.82, 2.24) is 15.6 Å². The Balaban J connectivity index is 1.55. The maximum atomic E-state index is 5.40. The number of ether oxygens (including phenoxy) is 2. The summed E-state index contributed by atoms with van der Waals surface area (Å²) in [7, 11) is 9.14. The topological polar surface area (TPSA) is 74.3 Å². The molecule has 2 aromatic rings. The number of nitrogens with zero attached hydrogens (tertiary/aromatic N) is 4. The molecule has 1 aromatic heterocycles. The van der Waals surface area contributed by atoms with E-state index in [1.165, 1.54) is 0 Å². The van der Waals surface area contributed by atoms with Crippen molar-refractivity contribution in [3.63, 3.8) is 0 Å². The summed E-state index contributed by atoms with van der Waals surface area (Å²) in [5.41, 5.74) is 2.12. The predicted molar refractivity (Wildman–Crippen MR) is 120 cm³/mol. The standard InChI is InChI=1S/C20H30N6O2S/c1-21-19(22-11-15-13-29-20(24-15)25(2)3)23-14-6-7-26(12-14)16-8-17(27-4)10-18(9-16)28-5/h8-10,13-14H,6-7,11-12H2,1-5H3,(H2,21,22,23). The van der Waals surface area contributed by atoms with Gasteiger partial charge in [0.1, 0.15) is 11.5 Å². The van der Waals surface area contributed by atoms with Crippen molar-refractivity contribution in [3.8, 4) is 11.5 Å². The Morgan fingerprint density at radius 1 is 1.28 bits per heavy atom. The van der Waals surface area contributed by atoms with Gasteiger partial charge in [0.25, 0.3) is 0 Å². The predicted octanol–water partition coefficient (Wildman–Crippen LogP) is 2.17. The smallest absolute Gasteiger partial charge is 0.191 e. The molecule has 0 aliphatic carbocycles. The number of hydrogen-bond donors (Lipinski definition) is 2. The van der Waals surface area contributed by atoms with E-state index in [2.05, 4.69) is 30.9 Å². The van der Waals surface area contributed by atoms with Gasteiger partial charge in [-0.15, -0.1) is 11.3 Å². The lowest BCUT2D eigenvalue weighted by atomic mass is 10.2. The average Bonchev–Trinajstić information content (AvgIpc) is 3.40. The number of anilines is 2. The highest BCUT2D eigenvalue weighted by Crippen LogP contribution is 2.30. The van der Waals surface area contributed by atoms with Gasteiger partial charge >= 0.3 is 0 Å². The summed E-state index contributed by atoms with van der Waals surface area (Å²) in [5.74, 6) is 2.39. The second kappa shape index (κ2) is 9.69. The van der Waals surface area contributed by atoms with E-state index >= 15 is 0 Å². The van der Waals surface area contributed by atoms with Crippen LogP contribution in [0.25, 0.3) is 0 Å². The lowest BCUT2D eigenvalue weighted by Gasteiger charge is -2.21. The Kier molecular flexibility index (Phi) is 7.03. The Morgan fingerprint density at radius 3 is 2.59 bits per heavy atom. The average molecular weight is 419 g/mol. The van der Waals surface area contributed by atoms with Crippen LogP contribution in [0.15, 0.2) is 28.6 Å². The molecule has 0 saturated carbocycles. The molecular weight excluding hydrogens is 388 g/mol. The quantitative estimate of drug-likeness (QED) is 0.527. The zero-order chi connectivity index (χ0) is 20.8. The van der Waals surface area contributed by atoms with Crippen molar-refractivity contribution in [2.75, 3.05) is 58.3 Å². The minimum atomic E-state index is 0.311. The van der Waals surface area contributed by atoms with Gasteiger partial charge in [-0.25, -0.2) is 4.98 Å². The molecule has 9 heteroatoms. The van der Waals surface area contributed by atoms with E-state index in [-0.39, 0.29) is 0 Å². The van der Waals surface area contributed by atoms with Crippen LogP contribution < -0.4 is 29.9 Å². The summed E-state index contributed by atoms with van der Waals surface area (Å²) >= 11 is 1.64. The molecule has 0 radical (unpaired) electrons. The fourth-order valence-electron chi connectivity index (χ4n) is 3.23.